The summed E-state index contributed by atoms with van der Waals surface area (Å²) in [6, 6.07) is 11.7. The summed E-state index contributed by atoms with van der Waals surface area (Å²) in [7, 11) is 0. The third-order valence-electron chi connectivity index (χ3n) is 3.57. The fourth-order valence-electron chi connectivity index (χ4n) is 2.16. The van der Waals surface area contributed by atoms with Crippen LogP contribution in [0.25, 0.3) is 0 Å². The fraction of sp³-hybridized carbons (Fsp3) is 0.105. The van der Waals surface area contributed by atoms with Crippen LogP contribution >= 0.6 is 0 Å². The van der Waals surface area contributed by atoms with Gasteiger partial charge in [0.05, 0.1) is 11.1 Å². The number of hydrogen-bond donors (Lipinski definition) is 3. The monoisotopic (exact) mass is 389 g/mol. The van der Waals surface area contributed by atoms with Crippen molar-refractivity contribution >= 4 is 17.6 Å². The molecule has 28 heavy (non-hydrogen) atoms. The van der Waals surface area contributed by atoms with Gasteiger partial charge in [-0.05, 0) is 35.9 Å². The number of alkyl halides is 3. The summed E-state index contributed by atoms with van der Waals surface area (Å²) in [5.74, 6) is -1.92. The van der Waals surface area contributed by atoms with Gasteiger partial charge in [0.1, 0.15) is 11.6 Å². The molecule has 0 saturated heterocycles. The van der Waals surface area contributed by atoms with Crippen molar-refractivity contribution in [3.8, 4) is 6.07 Å². The van der Waals surface area contributed by atoms with Crippen molar-refractivity contribution in [1.82, 2.24) is 5.32 Å². The first-order valence-corrected chi connectivity index (χ1v) is 7.85. The number of carboxylic acid groups (broad SMARTS) is 1. The highest BCUT2D eigenvalue weighted by atomic mass is 19.4. The number of nitrogens with one attached hydrogen (secondary N) is 2. The number of carbonyl (C=O) groups excluding carboxylic acids is 1. The smallest absolute Gasteiger partial charge is 0.416 e. The minimum atomic E-state index is -4.55. The molecule has 1 amide bonds. The van der Waals surface area contributed by atoms with E-state index in [1.165, 1.54) is 18.2 Å². The maximum atomic E-state index is 12.7. The molecule has 0 radical (unpaired) electrons. The lowest BCUT2D eigenvalue weighted by atomic mass is 10.1. The second-order valence-electron chi connectivity index (χ2n) is 5.59. The summed E-state index contributed by atoms with van der Waals surface area (Å²) in [5.41, 5.74) is -0.519. The Morgan fingerprint density at radius 2 is 1.82 bits per heavy atom. The van der Waals surface area contributed by atoms with Crippen LogP contribution in [-0.4, -0.2) is 17.0 Å². The van der Waals surface area contributed by atoms with E-state index in [1.807, 2.05) is 0 Å². The number of benzene rings is 2. The van der Waals surface area contributed by atoms with Gasteiger partial charge in [0.2, 0.25) is 0 Å². The van der Waals surface area contributed by atoms with Crippen molar-refractivity contribution < 1.29 is 27.9 Å². The van der Waals surface area contributed by atoms with Gasteiger partial charge in [-0.2, -0.15) is 18.4 Å². The van der Waals surface area contributed by atoms with Crippen LogP contribution in [0, 0.1) is 11.3 Å². The molecule has 0 saturated carbocycles. The molecule has 0 atom stereocenters. The standard InChI is InChI=1S/C19H14F3N3O3/c20-19(21,22)15-2-1-3-16(8-15)25-17(26)14(9-23)11-24-10-12-4-6-13(7-5-12)18(27)28/h1-8,11,24H,10H2,(H,25,26)(H,27,28)/b14-11-. The normalized spacial score (nSPS) is 11.4. The van der Waals surface area contributed by atoms with Crippen LogP contribution in [0.1, 0.15) is 21.5 Å². The highest BCUT2D eigenvalue weighted by Gasteiger charge is 2.30. The highest BCUT2D eigenvalue weighted by Crippen LogP contribution is 2.30. The van der Waals surface area contributed by atoms with E-state index in [0.29, 0.717) is 5.56 Å². The summed E-state index contributed by atoms with van der Waals surface area (Å²) in [5, 5.41) is 22.9. The predicted octanol–water partition coefficient (Wildman–Crippen LogP) is 3.54. The number of nitrogens with zero attached hydrogens (tertiary/aromatic N) is 1. The molecule has 0 spiro atoms. The van der Waals surface area contributed by atoms with Gasteiger partial charge in [0.25, 0.3) is 5.91 Å². The Labute approximate surface area is 157 Å². The molecule has 0 aliphatic carbocycles. The second-order valence-corrected chi connectivity index (χ2v) is 5.59. The van der Waals surface area contributed by atoms with Gasteiger partial charge in [-0.25, -0.2) is 4.79 Å². The van der Waals surface area contributed by atoms with Crippen LogP contribution in [0.5, 0.6) is 0 Å². The third-order valence-corrected chi connectivity index (χ3v) is 3.57. The fourth-order valence-corrected chi connectivity index (χ4v) is 2.16. The van der Waals surface area contributed by atoms with Crippen molar-refractivity contribution in [3.05, 3.63) is 77.0 Å². The van der Waals surface area contributed by atoms with Gasteiger partial charge in [-0.3, -0.25) is 4.79 Å². The molecule has 0 heterocycles. The first-order chi connectivity index (χ1) is 13.2. The van der Waals surface area contributed by atoms with Gasteiger partial charge in [0, 0.05) is 18.4 Å². The first kappa shape index (κ1) is 20.5. The van der Waals surface area contributed by atoms with E-state index in [1.54, 1.807) is 18.2 Å². The molecule has 2 rings (SSSR count). The lowest BCUT2D eigenvalue weighted by Gasteiger charge is -2.09. The van der Waals surface area contributed by atoms with E-state index in [9.17, 15) is 22.8 Å². The summed E-state index contributed by atoms with van der Waals surface area (Å²) in [6.45, 7) is 0.210. The number of amides is 1. The number of rotatable bonds is 6. The van der Waals surface area contributed by atoms with Crippen LogP contribution in [-0.2, 0) is 17.5 Å². The zero-order valence-electron chi connectivity index (χ0n) is 14.2. The molecule has 9 heteroatoms. The van der Waals surface area contributed by atoms with Crippen molar-refractivity contribution in [3.63, 3.8) is 0 Å². The molecule has 0 aliphatic heterocycles. The first-order valence-electron chi connectivity index (χ1n) is 7.85. The number of halogens is 3. The summed E-state index contributed by atoms with van der Waals surface area (Å²) < 4.78 is 38.1. The predicted molar refractivity (Wildman–Crippen MR) is 94.0 cm³/mol. The lowest BCUT2D eigenvalue weighted by Crippen LogP contribution is -2.17. The summed E-state index contributed by atoms with van der Waals surface area (Å²) in [4.78, 5) is 22.9. The second kappa shape index (κ2) is 8.73. The Hall–Kier alpha value is -3.80. The Morgan fingerprint density at radius 1 is 1.14 bits per heavy atom. The molecule has 3 N–H and O–H groups in total. The molecule has 2 aromatic rings. The average molecular weight is 389 g/mol. The molecule has 0 unspecified atom stereocenters. The molecular weight excluding hydrogens is 375 g/mol. The van der Waals surface area contributed by atoms with Crippen LogP contribution < -0.4 is 10.6 Å². The Bertz CT molecular complexity index is 945. The molecule has 2 aromatic carbocycles. The number of hydrogen-bond acceptors (Lipinski definition) is 4. The number of anilines is 1. The molecule has 0 fully saturated rings. The quantitative estimate of drug-likeness (QED) is 0.518. The summed E-state index contributed by atoms with van der Waals surface area (Å²) >= 11 is 0. The number of nitriles is 1. The van der Waals surface area contributed by atoms with Crippen molar-refractivity contribution in [2.24, 2.45) is 0 Å². The maximum Gasteiger partial charge on any atom is 0.416 e. The van der Waals surface area contributed by atoms with Crippen LogP contribution in [0.15, 0.2) is 60.3 Å². The van der Waals surface area contributed by atoms with E-state index in [2.05, 4.69) is 10.6 Å². The van der Waals surface area contributed by atoms with Crippen LogP contribution in [0.4, 0.5) is 18.9 Å². The Balaban J connectivity index is 2.01. The molecular formula is C19H14F3N3O3. The van der Waals surface area contributed by atoms with Crippen molar-refractivity contribution in [2.75, 3.05) is 5.32 Å². The minimum Gasteiger partial charge on any atom is -0.478 e. The van der Waals surface area contributed by atoms with Gasteiger partial charge in [0.15, 0.2) is 0 Å². The Kier molecular flexibility index (Phi) is 6.39. The van der Waals surface area contributed by atoms with Crippen LogP contribution in [0.2, 0.25) is 0 Å². The van der Waals surface area contributed by atoms with E-state index >= 15 is 0 Å². The largest absolute Gasteiger partial charge is 0.478 e. The summed E-state index contributed by atoms with van der Waals surface area (Å²) in [6.07, 6.45) is -3.42. The molecule has 144 valence electrons. The van der Waals surface area contributed by atoms with Gasteiger partial charge < -0.3 is 15.7 Å². The van der Waals surface area contributed by atoms with Crippen molar-refractivity contribution in [1.29, 1.82) is 5.26 Å². The minimum absolute atomic E-state index is 0.0924. The van der Waals surface area contributed by atoms with E-state index in [0.717, 1.165) is 24.4 Å². The highest BCUT2D eigenvalue weighted by molar-refractivity contribution is 6.06. The number of carbonyl (C=O) groups is 2. The molecule has 0 aromatic heterocycles. The van der Waals surface area contributed by atoms with E-state index < -0.39 is 23.6 Å². The van der Waals surface area contributed by atoms with E-state index in [-0.39, 0.29) is 23.4 Å². The van der Waals surface area contributed by atoms with Gasteiger partial charge in [-0.1, -0.05) is 18.2 Å². The maximum absolute atomic E-state index is 12.7. The van der Waals surface area contributed by atoms with Gasteiger partial charge >= 0.3 is 12.1 Å². The third kappa shape index (κ3) is 5.60. The van der Waals surface area contributed by atoms with Gasteiger partial charge in [-0.15, -0.1) is 0 Å². The molecule has 0 aliphatic rings. The van der Waals surface area contributed by atoms with E-state index in [4.69, 9.17) is 10.4 Å². The lowest BCUT2D eigenvalue weighted by molar-refractivity contribution is -0.137. The zero-order chi connectivity index (χ0) is 20.7. The number of aromatic carboxylic acids is 1. The number of carboxylic acids is 1. The SMILES string of the molecule is N#C/C(=C/NCc1ccc(C(=O)O)cc1)C(=O)Nc1cccc(C(F)(F)F)c1. The zero-order valence-corrected chi connectivity index (χ0v) is 14.2. The van der Waals surface area contributed by atoms with Crippen molar-refractivity contribution in [2.45, 2.75) is 12.7 Å². The molecule has 6 nitrogen and oxygen atoms in total. The Morgan fingerprint density at radius 3 is 2.39 bits per heavy atom. The average Bonchev–Trinajstić information content (AvgIpc) is 2.65. The molecule has 0 bridgehead atoms. The topological polar surface area (TPSA) is 102 Å². The van der Waals surface area contributed by atoms with Crippen LogP contribution in [0.3, 0.4) is 0 Å².